The molecule has 2 heterocycles. The predicted molar refractivity (Wildman–Crippen MR) is 48.7 cm³/mol. The third kappa shape index (κ3) is 1.98. The molecule has 2 rings (SSSR count). The molecule has 1 saturated heterocycles. The second-order valence-electron chi connectivity index (χ2n) is 3.54. The molecule has 0 aliphatic carbocycles. The van der Waals surface area contributed by atoms with Crippen molar-refractivity contribution in [2.24, 2.45) is 0 Å². The molecule has 0 saturated carbocycles. The zero-order valence-electron chi connectivity index (χ0n) is 7.61. The quantitative estimate of drug-likeness (QED) is 0.491. The lowest BCUT2D eigenvalue weighted by Crippen LogP contribution is -2.30. The minimum atomic E-state index is 0.669. The average molecular weight is 179 g/mol. The Kier molecular flexibility index (Phi) is 2.45. The van der Waals surface area contributed by atoms with Crippen molar-refractivity contribution >= 4 is 0 Å². The van der Waals surface area contributed by atoms with Crippen LogP contribution in [0.3, 0.4) is 0 Å². The van der Waals surface area contributed by atoms with Crippen LogP contribution >= 0.6 is 0 Å². The lowest BCUT2D eigenvalue weighted by molar-refractivity contribution is -0.904. The highest BCUT2D eigenvalue weighted by molar-refractivity contribution is 5.14. The highest BCUT2D eigenvalue weighted by Crippen LogP contribution is 2.23. The van der Waals surface area contributed by atoms with Gasteiger partial charge in [0.2, 0.25) is 12.4 Å². The van der Waals surface area contributed by atoms with Crippen LogP contribution in [-0.4, -0.2) is 18.3 Å². The molecule has 0 spiro atoms. The number of aromatic nitrogens is 1. The lowest BCUT2D eigenvalue weighted by Gasteiger charge is -2.22. The van der Waals surface area contributed by atoms with Crippen LogP contribution in [0.5, 0.6) is 0 Å². The van der Waals surface area contributed by atoms with Crippen LogP contribution in [0.1, 0.15) is 24.3 Å². The summed E-state index contributed by atoms with van der Waals surface area (Å²) in [5.74, 6) is 0.669. The molecular weight excluding hydrogens is 164 g/mol. The Bertz CT molecular complexity index is 265. The fraction of sp³-hybridized carbons (Fsp3) is 0.500. The molecule has 1 aliphatic heterocycles. The van der Waals surface area contributed by atoms with E-state index in [1.165, 1.54) is 18.4 Å². The number of nitrogens with one attached hydrogen (secondary N) is 1. The van der Waals surface area contributed by atoms with Crippen LogP contribution in [0.15, 0.2) is 24.5 Å². The van der Waals surface area contributed by atoms with Gasteiger partial charge in [-0.2, -0.15) is 0 Å². The summed E-state index contributed by atoms with van der Waals surface area (Å²) in [4.78, 5) is 0. The van der Waals surface area contributed by atoms with Crippen molar-refractivity contribution in [2.45, 2.75) is 18.8 Å². The van der Waals surface area contributed by atoms with Crippen molar-refractivity contribution in [3.63, 3.8) is 0 Å². The molecule has 1 fully saturated rings. The topological polar surface area (TPSA) is 36.1 Å². The van der Waals surface area contributed by atoms with Crippen LogP contribution in [0.4, 0.5) is 0 Å². The summed E-state index contributed by atoms with van der Waals surface area (Å²) in [5.41, 5.74) is 1.34. The third-order valence-corrected chi connectivity index (χ3v) is 2.65. The first-order valence-corrected chi connectivity index (χ1v) is 4.77. The molecule has 1 aliphatic rings. The van der Waals surface area contributed by atoms with E-state index in [9.17, 15) is 0 Å². The van der Waals surface area contributed by atoms with Crippen LogP contribution in [0.2, 0.25) is 0 Å². The van der Waals surface area contributed by atoms with Crippen molar-refractivity contribution in [1.29, 1.82) is 0 Å². The highest BCUT2D eigenvalue weighted by Gasteiger charge is 2.15. The van der Waals surface area contributed by atoms with Gasteiger partial charge in [-0.3, -0.25) is 5.21 Å². The summed E-state index contributed by atoms with van der Waals surface area (Å²) >= 11 is 0. The minimum Gasteiger partial charge on any atom is -0.317 e. The molecule has 1 aromatic rings. The molecule has 0 radical (unpaired) electrons. The first-order chi connectivity index (χ1) is 6.36. The van der Waals surface area contributed by atoms with Gasteiger partial charge in [0, 0.05) is 16.9 Å². The standard InChI is InChI=1S/C10H15N2O/c13-12-7-3-10(4-8-12)9-1-5-11-6-2-9/h3-4,7-9,11,13H,1-2,5-6H2/q+1. The maximum atomic E-state index is 9.06. The summed E-state index contributed by atoms with van der Waals surface area (Å²) in [7, 11) is 0. The van der Waals surface area contributed by atoms with Crippen LogP contribution in [-0.2, 0) is 0 Å². The van der Waals surface area contributed by atoms with Crippen LogP contribution < -0.4 is 10.0 Å². The number of piperidine rings is 1. The van der Waals surface area contributed by atoms with E-state index < -0.39 is 0 Å². The van der Waals surface area contributed by atoms with Crippen LogP contribution in [0, 0.1) is 0 Å². The Morgan fingerprint density at radius 2 is 1.85 bits per heavy atom. The summed E-state index contributed by atoms with van der Waals surface area (Å²) in [6.45, 7) is 2.22. The molecule has 0 unspecified atom stereocenters. The molecular formula is C10H15N2O+. The van der Waals surface area contributed by atoms with Crippen LogP contribution in [0.25, 0.3) is 0 Å². The van der Waals surface area contributed by atoms with Crippen molar-refractivity contribution in [2.75, 3.05) is 13.1 Å². The molecule has 3 heteroatoms. The van der Waals surface area contributed by atoms with E-state index >= 15 is 0 Å². The summed E-state index contributed by atoms with van der Waals surface area (Å²) < 4.78 is 1.09. The van der Waals surface area contributed by atoms with Gasteiger partial charge in [0.25, 0.3) is 0 Å². The van der Waals surface area contributed by atoms with Gasteiger partial charge in [0.05, 0.1) is 0 Å². The highest BCUT2D eigenvalue weighted by atomic mass is 16.5. The van der Waals surface area contributed by atoms with E-state index in [4.69, 9.17) is 5.21 Å². The van der Waals surface area contributed by atoms with Gasteiger partial charge in [-0.15, -0.1) is 0 Å². The summed E-state index contributed by atoms with van der Waals surface area (Å²) in [6, 6.07) is 3.99. The van der Waals surface area contributed by atoms with E-state index in [2.05, 4.69) is 5.32 Å². The zero-order valence-corrected chi connectivity index (χ0v) is 7.61. The van der Waals surface area contributed by atoms with Gasteiger partial charge >= 0.3 is 0 Å². The molecule has 1 aromatic heterocycles. The molecule has 0 amide bonds. The molecule has 0 atom stereocenters. The second kappa shape index (κ2) is 3.75. The minimum absolute atomic E-state index is 0.669. The van der Waals surface area contributed by atoms with E-state index in [1.807, 2.05) is 12.1 Å². The fourth-order valence-corrected chi connectivity index (χ4v) is 1.86. The van der Waals surface area contributed by atoms with E-state index in [-0.39, 0.29) is 0 Å². The molecule has 13 heavy (non-hydrogen) atoms. The number of hydrogen-bond acceptors (Lipinski definition) is 2. The van der Waals surface area contributed by atoms with E-state index in [0.29, 0.717) is 5.92 Å². The zero-order chi connectivity index (χ0) is 9.10. The molecule has 0 bridgehead atoms. The SMILES string of the molecule is O[n+]1ccc(C2CCNCC2)cc1. The van der Waals surface area contributed by atoms with Gasteiger partial charge in [0.15, 0.2) is 0 Å². The molecule has 2 N–H and O–H groups in total. The number of nitrogens with zero attached hydrogens (tertiary/aromatic N) is 1. The lowest BCUT2D eigenvalue weighted by atomic mass is 9.91. The van der Waals surface area contributed by atoms with Crippen molar-refractivity contribution < 1.29 is 9.94 Å². The van der Waals surface area contributed by atoms with Crippen molar-refractivity contribution in [3.05, 3.63) is 30.1 Å². The second-order valence-corrected chi connectivity index (χ2v) is 3.54. The van der Waals surface area contributed by atoms with E-state index in [0.717, 1.165) is 17.8 Å². The summed E-state index contributed by atoms with van der Waals surface area (Å²) in [6.07, 6.45) is 5.79. The van der Waals surface area contributed by atoms with E-state index in [1.54, 1.807) is 12.4 Å². The Balaban J connectivity index is 2.10. The number of rotatable bonds is 1. The Morgan fingerprint density at radius 1 is 1.23 bits per heavy atom. The Morgan fingerprint density at radius 3 is 2.46 bits per heavy atom. The van der Waals surface area contributed by atoms with Crippen molar-refractivity contribution in [1.82, 2.24) is 5.32 Å². The molecule has 3 nitrogen and oxygen atoms in total. The third-order valence-electron chi connectivity index (χ3n) is 2.65. The van der Waals surface area contributed by atoms with Gasteiger partial charge in [-0.05, 0) is 37.4 Å². The largest absolute Gasteiger partial charge is 0.317 e. The van der Waals surface area contributed by atoms with Crippen molar-refractivity contribution in [3.8, 4) is 0 Å². The maximum Gasteiger partial charge on any atom is 0.222 e. The first kappa shape index (κ1) is 8.51. The fourth-order valence-electron chi connectivity index (χ4n) is 1.86. The molecule has 70 valence electrons. The Labute approximate surface area is 78.0 Å². The average Bonchev–Trinajstić information content (AvgIpc) is 2.20. The van der Waals surface area contributed by atoms with Gasteiger partial charge in [-0.1, -0.05) is 0 Å². The van der Waals surface area contributed by atoms with Gasteiger partial charge in [0.1, 0.15) is 0 Å². The molecule has 0 aromatic carbocycles. The number of hydrogen-bond donors (Lipinski definition) is 2. The smallest absolute Gasteiger partial charge is 0.222 e. The maximum absolute atomic E-state index is 9.06. The Hall–Kier alpha value is -1.09. The van der Waals surface area contributed by atoms with Gasteiger partial charge < -0.3 is 5.32 Å². The normalized spacial score (nSPS) is 18.8. The first-order valence-electron chi connectivity index (χ1n) is 4.77. The number of pyridine rings is 1. The van der Waals surface area contributed by atoms with Gasteiger partial charge in [-0.25, -0.2) is 0 Å². The predicted octanol–water partition coefficient (Wildman–Crippen LogP) is 0.678. The monoisotopic (exact) mass is 179 g/mol. The summed E-state index contributed by atoms with van der Waals surface area (Å²) in [5, 5.41) is 12.4.